The molecule has 1 aromatic carbocycles. The van der Waals surface area contributed by atoms with Crippen LogP contribution in [0.25, 0.3) is 10.1 Å². The largest absolute Gasteiger partial charge is 0.326 e. The Morgan fingerprint density at radius 3 is 2.74 bits per heavy atom. The van der Waals surface area contributed by atoms with Gasteiger partial charge in [0.25, 0.3) is 0 Å². The number of rotatable bonds is 6. The van der Waals surface area contributed by atoms with Gasteiger partial charge in [-0.2, -0.15) is 0 Å². The molecule has 1 atom stereocenters. The topological polar surface area (TPSA) is 29.3 Å². The maximum atomic E-state index is 5.91. The third-order valence-corrected chi connectivity index (χ3v) is 4.95. The summed E-state index contributed by atoms with van der Waals surface area (Å²) in [5, 5.41) is 1.38. The van der Waals surface area contributed by atoms with E-state index in [-0.39, 0.29) is 0 Å². The molecule has 2 rings (SSSR count). The number of thiophene rings is 1. The standard InChI is InChI=1S/C16H24N2S/c1-4-12(2)10-18(3)11-14-13-7-5-6-8-15(13)19-16(14)9-17/h5-8,12H,4,9-11,17H2,1-3H3. The van der Waals surface area contributed by atoms with Crippen molar-refractivity contribution in [1.29, 1.82) is 0 Å². The Labute approximate surface area is 120 Å². The second kappa shape index (κ2) is 6.51. The van der Waals surface area contributed by atoms with Crippen molar-refractivity contribution in [1.82, 2.24) is 4.90 Å². The van der Waals surface area contributed by atoms with Crippen LogP contribution in [0.15, 0.2) is 24.3 Å². The van der Waals surface area contributed by atoms with Crippen LogP contribution in [0.4, 0.5) is 0 Å². The second-order valence-corrected chi connectivity index (χ2v) is 6.55. The summed E-state index contributed by atoms with van der Waals surface area (Å²) in [6.07, 6.45) is 1.23. The molecule has 0 aliphatic carbocycles. The van der Waals surface area contributed by atoms with Crippen LogP contribution in [0.2, 0.25) is 0 Å². The molecule has 0 bridgehead atoms. The number of hydrogen-bond donors (Lipinski definition) is 1. The van der Waals surface area contributed by atoms with E-state index < -0.39 is 0 Å². The fraction of sp³-hybridized carbons (Fsp3) is 0.500. The van der Waals surface area contributed by atoms with Crippen LogP contribution in [-0.2, 0) is 13.1 Å². The highest BCUT2D eigenvalue weighted by Gasteiger charge is 2.13. The average Bonchev–Trinajstić information content (AvgIpc) is 2.76. The Morgan fingerprint density at radius 2 is 2.05 bits per heavy atom. The molecule has 2 N–H and O–H groups in total. The van der Waals surface area contributed by atoms with Gasteiger partial charge in [-0.1, -0.05) is 38.5 Å². The third-order valence-electron chi connectivity index (χ3n) is 3.72. The molecule has 2 nitrogen and oxygen atoms in total. The molecule has 1 heterocycles. The van der Waals surface area contributed by atoms with E-state index in [1.165, 1.54) is 26.9 Å². The van der Waals surface area contributed by atoms with Crippen molar-refractivity contribution in [3.63, 3.8) is 0 Å². The third kappa shape index (κ3) is 3.35. The van der Waals surface area contributed by atoms with E-state index in [2.05, 4.69) is 50.1 Å². The van der Waals surface area contributed by atoms with Gasteiger partial charge in [0.1, 0.15) is 0 Å². The molecule has 1 unspecified atom stereocenters. The summed E-state index contributed by atoms with van der Waals surface area (Å²) in [5.41, 5.74) is 7.33. The van der Waals surface area contributed by atoms with Crippen LogP contribution in [0.3, 0.4) is 0 Å². The van der Waals surface area contributed by atoms with Crippen molar-refractivity contribution in [3.8, 4) is 0 Å². The number of benzene rings is 1. The number of fused-ring (bicyclic) bond motifs is 1. The average molecular weight is 276 g/mol. The summed E-state index contributed by atoms with van der Waals surface area (Å²) in [5.74, 6) is 0.747. The van der Waals surface area contributed by atoms with Crippen molar-refractivity contribution in [2.45, 2.75) is 33.4 Å². The van der Waals surface area contributed by atoms with Gasteiger partial charge in [0.05, 0.1) is 0 Å². The Balaban J connectivity index is 2.23. The molecular weight excluding hydrogens is 252 g/mol. The second-order valence-electron chi connectivity index (χ2n) is 5.41. The first-order chi connectivity index (χ1) is 9.15. The van der Waals surface area contributed by atoms with E-state index in [1.54, 1.807) is 0 Å². The monoisotopic (exact) mass is 276 g/mol. The van der Waals surface area contributed by atoms with E-state index in [4.69, 9.17) is 5.73 Å². The first kappa shape index (κ1) is 14.5. The molecule has 3 heteroatoms. The van der Waals surface area contributed by atoms with Crippen LogP contribution in [0.1, 0.15) is 30.7 Å². The quantitative estimate of drug-likeness (QED) is 0.868. The summed E-state index contributed by atoms with van der Waals surface area (Å²) in [6.45, 7) is 7.35. The molecule has 0 amide bonds. The lowest BCUT2D eigenvalue weighted by Crippen LogP contribution is -2.24. The van der Waals surface area contributed by atoms with Crippen molar-refractivity contribution < 1.29 is 0 Å². The SMILES string of the molecule is CCC(C)CN(C)Cc1c(CN)sc2ccccc12. The van der Waals surface area contributed by atoms with Crippen LogP contribution >= 0.6 is 11.3 Å². The van der Waals surface area contributed by atoms with E-state index in [0.29, 0.717) is 6.54 Å². The van der Waals surface area contributed by atoms with Gasteiger partial charge in [0.15, 0.2) is 0 Å². The molecule has 0 fully saturated rings. The minimum atomic E-state index is 0.645. The highest BCUT2D eigenvalue weighted by molar-refractivity contribution is 7.19. The smallest absolute Gasteiger partial charge is 0.0349 e. The predicted molar refractivity (Wildman–Crippen MR) is 85.5 cm³/mol. The van der Waals surface area contributed by atoms with Gasteiger partial charge in [-0.25, -0.2) is 0 Å². The minimum Gasteiger partial charge on any atom is -0.326 e. The zero-order valence-electron chi connectivity index (χ0n) is 12.1. The van der Waals surface area contributed by atoms with Gasteiger partial charge < -0.3 is 10.6 Å². The molecule has 0 aliphatic heterocycles. The zero-order valence-corrected chi connectivity index (χ0v) is 13.0. The normalized spacial score (nSPS) is 13.3. The van der Waals surface area contributed by atoms with Crippen molar-refractivity contribution in [2.24, 2.45) is 11.7 Å². The molecule has 0 radical (unpaired) electrons. The van der Waals surface area contributed by atoms with E-state index >= 15 is 0 Å². The Hall–Kier alpha value is -0.900. The van der Waals surface area contributed by atoms with Crippen molar-refractivity contribution >= 4 is 21.4 Å². The molecule has 19 heavy (non-hydrogen) atoms. The summed E-state index contributed by atoms with van der Waals surface area (Å²) in [7, 11) is 2.21. The summed E-state index contributed by atoms with van der Waals surface area (Å²) in [4.78, 5) is 3.75. The molecule has 104 valence electrons. The van der Waals surface area contributed by atoms with E-state index in [0.717, 1.165) is 19.0 Å². The fourth-order valence-electron chi connectivity index (χ4n) is 2.48. The highest BCUT2D eigenvalue weighted by Crippen LogP contribution is 2.31. The van der Waals surface area contributed by atoms with Crippen LogP contribution in [0, 0.1) is 5.92 Å². The lowest BCUT2D eigenvalue weighted by molar-refractivity contribution is 0.276. The molecule has 0 saturated heterocycles. The molecule has 0 saturated carbocycles. The van der Waals surface area contributed by atoms with Crippen molar-refractivity contribution in [3.05, 3.63) is 34.7 Å². The number of nitrogens with two attached hydrogens (primary N) is 1. The molecule has 1 aromatic heterocycles. The Kier molecular flexibility index (Phi) is 4.97. The molecule has 0 spiro atoms. The maximum Gasteiger partial charge on any atom is 0.0349 e. The lowest BCUT2D eigenvalue weighted by atomic mass is 10.1. The summed E-state index contributed by atoms with van der Waals surface area (Å²) >= 11 is 1.84. The summed E-state index contributed by atoms with van der Waals surface area (Å²) < 4.78 is 1.36. The van der Waals surface area contributed by atoms with Crippen LogP contribution < -0.4 is 5.73 Å². The van der Waals surface area contributed by atoms with Crippen molar-refractivity contribution in [2.75, 3.05) is 13.6 Å². The van der Waals surface area contributed by atoms with Crippen LogP contribution in [0.5, 0.6) is 0 Å². The van der Waals surface area contributed by atoms with Gasteiger partial charge in [-0.15, -0.1) is 11.3 Å². The zero-order chi connectivity index (χ0) is 13.8. The summed E-state index contributed by atoms with van der Waals surface area (Å²) in [6, 6.07) is 8.63. The number of hydrogen-bond acceptors (Lipinski definition) is 3. The maximum absolute atomic E-state index is 5.91. The molecule has 2 aromatic rings. The predicted octanol–water partition coefficient (Wildman–Crippen LogP) is 3.84. The van der Waals surface area contributed by atoms with Gasteiger partial charge in [0.2, 0.25) is 0 Å². The fourth-order valence-corrected chi connectivity index (χ4v) is 3.58. The van der Waals surface area contributed by atoms with Crippen LogP contribution in [-0.4, -0.2) is 18.5 Å². The number of nitrogens with zero attached hydrogens (tertiary/aromatic N) is 1. The van der Waals surface area contributed by atoms with Gasteiger partial charge in [-0.3, -0.25) is 0 Å². The van der Waals surface area contributed by atoms with E-state index in [9.17, 15) is 0 Å². The Morgan fingerprint density at radius 1 is 1.32 bits per heavy atom. The first-order valence-electron chi connectivity index (χ1n) is 7.03. The minimum absolute atomic E-state index is 0.645. The first-order valence-corrected chi connectivity index (χ1v) is 7.85. The van der Waals surface area contributed by atoms with Gasteiger partial charge >= 0.3 is 0 Å². The lowest BCUT2D eigenvalue weighted by Gasteiger charge is -2.20. The van der Waals surface area contributed by atoms with Gasteiger partial charge in [-0.05, 0) is 30.0 Å². The molecular formula is C16H24N2S. The van der Waals surface area contributed by atoms with Gasteiger partial charge in [0, 0.05) is 29.2 Å². The molecule has 0 aliphatic rings. The van der Waals surface area contributed by atoms with E-state index in [1.807, 2.05) is 11.3 Å². The highest BCUT2D eigenvalue weighted by atomic mass is 32.1. The Bertz CT molecular complexity index is 533.